The Kier molecular flexibility index (Phi) is 4.99. The normalized spacial score (nSPS) is 15.5. The highest BCUT2D eigenvalue weighted by molar-refractivity contribution is 5.77. The predicted octanol–water partition coefficient (Wildman–Crippen LogP) is 2.87. The van der Waals surface area contributed by atoms with E-state index in [9.17, 15) is 5.11 Å². The van der Waals surface area contributed by atoms with Crippen molar-refractivity contribution in [1.82, 2.24) is 24.6 Å². The van der Waals surface area contributed by atoms with Crippen LogP contribution < -0.4 is 9.80 Å². The van der Waals surface area contributed by atoms with Crippen molar-refractivity contribution in [3.8, 4) is 11.1 Å². The van der Waals surface area contributed by atoms with Crippen LogP contribution in [0.25, 0.3) is 16.6 Å². The van der Waals surface area contributed by atoms with E-state index in [1.165, 1.54) is 11.1 Å². The molecule has 31 heavy (non-hydrogen) atoms. The van der Waals surface area contributed by atoms with Crippen LogP contribution in [0.4, 0.5) is 11.8 Å². The van der Waals surface area contributed by atoms with E-state index < -0.39 is 6.10 Å². The summed E-state index contributed by atoms with van der Waals surface area (Å²) in [7, 11) is 0. The minimum atomic E-state index is -0.557. The number of aromatic nitrogens is 5. The maximum absolute atomic E-state index is 9.64. The van der Waals surface area contributed by atoms with E-state index in [0.717, 1.165) is 48.6 Å². The Balaban J connectivity index is 1.35. The highest BCUT2D eigenvalue weighted by Crippen LogP contribution is 2.28. The van der Waals surface area contributed by atoms with Crippen molar-refractivity contribution < 1.29 is 5.11 Å². The van der Waals surface area contributed by atoms with Gasteiger partial charge in [-0.1, -0.05) is 29.8 Å². The molecular weight excluding hydrogens is 390 g/mol. The minimum absolute atomic E-state index is 0.557. The average molecular weight is 416 g/mol. The third-order valence-corrected chi connectivity index (χ3v) is 5.77. The Bertz CT molecular complexity index is 1180. The van der Waals surface area contributed by atoms with Crippen LogP contribution in [0.15, 0.2) is 55.2 Å². The molecule has 0 bridgehead atoms. The lowest BCUT2D eigenvalue weighted by molar-refractivity contribution is 0.198. The zero-order valence-electron chi connectivity index (χ0n) is 17.7. The van der Waals surface area contributed by atoms with Crippen molar-refractivity contribution >= 4 is 17.3 Å². The van der Waals surface area contributed by atoms with Crippen LogP contribution in [0, 0.1) is 6.92 Å². The average Bonchev–Trinajstić information content (AvgIpc) is 3.24. The molecule has 1 aliphatic rings. The van der Waals surface area contributed by atoms with Gasteiger partial charge in [0.05, 0.1) is 6.10 Å². The molecule has 1 saturated heterocycles. The van der Waals surface area contributed by atoms with Crippen molar-refractivity contribution in [2.24, 2.45) is 0 Å². The molecule has 1 N–H and O–H groups in total. The molecule has 0 amide bonds. The second-order valence-electron chi connectivity index (χ2n) is 7.97. The van der Waals surface area contributed by atoms with Gasteiger partial charge >= 0.3 is 0 Å². The van der Waals surface area contributed by atoms with Gasteiger partial charge in [-0.15, -0.1) is 0 Å². The largest absolute Gasteiger partial charge is 0.389 e. The summed E-state index contributed by atoms with van der Waals surface area (Å²) in [6, 6.07) is 10.7. The number of anilines is 2. The molecule has 0 radical (unpaired) electrons. The van der Waals surface area contributed by atoms with Crippen LogP contribution in [0.3, 0.4) is 0 Å². The van der Waals surface area contributed by atoms with Gasteiger partial charge in [0.25, 0.3) is 0 Å². The maximum atomic E-state index is 9.64. The van der Waals surface area contributed by atoms with Gasteiger partial charge in [0.2, 0.25) is 5.95 Å². The molecule has 8 heteroatoms. The number of benzene rings is 1. The topological polar surface area (TPSA) is 82.7 Å². The molecule has 4 heterocycles. The quantitative estimate of drug-likeness (QED) is 0.549. The van der Waals surface area contributed by atoms with E-state index in [0.29, 0.717) is 5.95 Å². The highest BCUT2D eigenvalue weighted by Gasteiger charge is 2.22. The van der Waals surface area contributed by atoms with E-state index in [1.807, 2.05) is 4.52 Å². The van der Waals surface area contributed by atoms with Crippen LogP contribution in [-0.4, -0.2) is 55.9 Å². The van der Waals surface area contributed by atoms with Gasteiger partial charge in [-0.25, -0.2) is 19.5 Å². The first-order valence-corrected chi connectivity index (χ1v) is 10.5. The summed E-state index contributed by atoms with van der Waals surface area (Å²) in [6.45, 7) is 7.05. The Morgan fingerprint density at radius 2 is 1.58 bits per heavy atom. The molecule has 1 atom stereocenters. The third-order valence-electron chi connectivity index (χ3n) is 5.77. The first-order valence-electron chi connectivity index (χ1n) is 10.5. The molecule has 3 aromatic heterocycles. The van der Waals surface area contributed by atoms with Gasteiger partial charge < -0.3 is 14.9 Å². The zero-order valence-corrected chi connectivity index (χ0v) is 17.7. The summed E-state index contributed by atoms with van der Waals surface area (Å²) in [5.74, 6) is 1.64. The number of nitrogens with zero attached hydrogens (tertiary/aromatic N) is 7. The van der Waals surface area contributed by atoms with Crippen molar-refractivity contribution in [2.45, 2.75) is 20.0 Å². The van der Waals surface area contributed by atoms with E-state index in [1.54, 1.807) is 25.6 Å². The van der Waals surface area contributed by atoms with Gasteiger partial charge in [0, 0.05) is 55.9 Å². The van der Waals surface area contributed by atoms with Crippen molar-refractivity contribution in [2.75, 3.05) is 36.0 Å². The fourth-order valence-electron chi connectivity index (χ4n) is 3.89. The summed E-state index contributed by atoms with van der Waals surface area (Å²) >= 11 is 0. The molecule has 8 nitrogen and oxygen atoms in total. The van der Waals surface area contributed by atoms with Gasteiger partial charge in [-0.3, -0.25) is 0 Å². The van der Waals surface area contributed by atoms with Gasteiger partial charge in [-0.2, -0.15) is 5.10 Å². The summed E-state index contributed by atoms with van der Waals surface area (Å²) in [4.78, 5) is 17.9. The fourth-order valence-corrected chi connectivity index (χ4v) is 3.89. The Morgan fingerprint density at radius 1 is 0.903 bits per heavy atom. The number of hydrogen-bond donors (Lipinski definition) is 1. The SMILES string of the molecule is Cc1ccc(-c2cc3c(N4CCN(c5ncc(C(C)O)cn5)CC4)ncnn3c2)cc1. The molecular formula is C23H25N7O. The maximum Gasteiger partial charge on any atom is 0.225 e. The van der Waals surface area contributed by atoms with Crippen LogP contribution in [0.5, 0.6) is 0 Å². The van der Waals surface area contributed by atoms with Crippen molar-refractivity contribution in [3.05, 3.63) is 66.4 Å². The fraction of sp³-hybridized carbons (Fsp3) is 0.304. The van der Waals surface area contributed by atoms with E-state index in [-0.39, 0.29) is 0 Å². The first-order chi connectivity index (χ1) is 15.1. The molecule has 0 saturated carbocycles. The molecule has 158 valence electrons. The Labute approximate surface area is 180 Å². The second kappa shape index (κ2) is 7.96. The molecule has 0 spiro atoms. The molecule has 1 aliphatic heterocycles. The monoisotopic (exact) mass is 415 g/mol. The summed E-state index contributed by atoms with van der Waals surface area (Å²) in [5.41, 5.74) is 5.28. The minimum Gasteiger partial charge on any atom is -0.389 e. The number of aryl methyl sites for hydroxylation is 1. The van der Waals surface area contributed by atoms with Crippen LogP contribution in [0.1, 0.15) is 24.2 Å². The van der Waals surface area contributed by atoms with Crippen LogP contribution in [-0.2, 0) is 0 Å². The van der Waals surface area contributed by atoms with E-state index in [4.69, 9.17) is 0 Å². The van der Waals surface area contributed by atoms with Crippen LogP contribution in [0.2, 0.25) is 0 Å². The Hall–Kier alpha value is -3.52. The lowest BCUT2D eigenvalue weighted by Gasteiger charge is -2.35. The lowest BCUT2D eigenvalue weighted by Crippen LogP contribution is -2.47. The number of hydrogen-bond acceptors (Lipinski definition) is 7. The molecule has 5 rings (SSSR count). The number of aliphatic hydroxyl groups is 1. The van der Waals surface area contributed by atoms with Crippen molar-refractivity contribution in [1.29, 1.82) is 0 Å². The number of piperazine rings is 1. The van der Waals surface area contributed by atoms with Crippen LogP contribution >= 0.6 is 0 Å². The van der Waals surface area contributed by atoms with Crippen molar-refractivity contribution in [3.63, 3.8) is 0 Å². The highest BCUT2D eigenvalue weighted by atomic mass is 16.3. The summed E-state index contributed by atoms with van der Waals surface area (Å²) < 4.78 is 1.90. The second-order valence-corrected chi connectivity index (χ2v) is 7.97. The molecule has 4 aromatic rings. The van der Waals surface area contributed by atoms with E-state index >= 15 is 0 Å². The molecule has 0 aliphatic carbocycles. The lowest BCUT2D eigenvalue weighted by atomic mass is 10.1. The number of rotatable bonds is 4. The third kappa shape index (κ3) is 3.82. The number of fused-ring (bicyclic) bond motifs is 1. The summed E-state index contributed by atoms with van der Waals surface area (Å²) in [6.07, 6.45) is 6.50. The molecule has 1 unspecified atom stereocenters. The van der Waals surface area contributed by atoms with Gasteiger partial charge in [0.15, 0.2) is 5.82 Å². The first kappa shape index (κ1) is 19.4. The van der Waals surface area contributed by atoms with Gasteiger partial charge in [0.1, 0.15) is 11.8 Å². The standard InChI is InChI=1S/C23H25N7O/c1-16-3-5-18(6-4-16)19-11-21-22(26-15-27-30(21)14-19)28-7-9-29(10-8-28)23-24-12-20(13-25-23)17(2)31/h3-6,11-15,17,31H,7-10H2,1-2H3. The van der Waals surface area contributed by atoms with Gasteiger partial charge in [-0.05, 0) is 25.5 Å². The Morgan fingerprint density at radius 3 is 2.26 bits per heavy atom. The summed E-state index contributed by atoms with van der Waals surface area (Å²) in [5, 5.41) is 14.1. The molecule has 1 fully saturated rings. The predicted molar refractivity (Wildman–Crippen MR) is 120 cm³/mol. The smallest absolute Gasteiger partial charge is 0.225 e. The van der Waals surface area contributed by atoms with E-state index in [2.05, 4.69) is 73.3 Å². The molecule has 1 aromatic carbocycles. The zero-order chi connectivity index (χ0) is 21.4. The number of aliphatic hydroxyl groups excluding tert-OH is 1.